The molecule has 7 heavy (non-hydrogen) atoms. The molecule has 0 aromatic rings. The second-order valence-corrected chi connectivity index (χ2v) is 1.18. The van der Waals surface area contributed by atoms with E-state index in [0.717, 1.165) is 0 Å². The molecule has 0 amide bonds. The molecule has 0 aromatic carbocycles. The average molecular weight is 100 g/mol. The standard InChI is InChI=1S/C5H9NO/c1-5(7)3-2-4-6/h2-3,7H,1,4,6H2/p+1/b3-2+. The maximum Gasteiger partial charge on any atom is 0.108 e. The molecule has 0 fully saturated rings. The van der Waals surface area contributed by atoms with Crippen LogP contribution in [-0.2, 0) is 0 Å². The maximum atomic E-state index is 8.37. The van der Waals surface area contributed by atoms with Crippen LogP contribution in [-0.4, -0.2) is 11.7 Å². The first kappa shape index (κ1) is 6.24. The van der Waals surface area contributed by atoms with Crippen molar-refractivity contribution >= 4 is 0 Å². The van der Waals surface area contributed by atoms with Crippen LogP contribution in [0, 0.1) is 0 Å². The van der Waals surface area contributed by atoms with Gasteiger partial charge in [-0.25, -0.2) is 0 Å². The third-order valence-electron chi connectivity index (χ3n) is 0.477. The van der Waals surface area contributed by atoms with Crippen molar-refractivity contribution in [2.45, 2.75) is 0 Å². The van der Waals surface area contributed by atoms with E-state index in [4.69, 9.17) is 5.11 Å². The van der Waals surface area contributed by atoms with E-state index in [1.165, 1.54) is 6.08 Å². The third-order valence-corrected chi connectivity index (χ3v) is 0.477. The highest BCUT2D eigenvalue weighted by Gasteiger charge is 1.72. The molecule has 0 radical (unpaired) electrons. The van der Waals surface area contributed by atoms with Crippen LogP contribution < -0.4 is 5.73 Å². The third kappa shape index (κ3) is 5.24. The largest absolute Gasteiger partial charge is 0.509 e. The number of aliphatic hydroxyl groups excluding tert-OH is 1. The van der Waals surface area contributed by atoms with Crippen LogP contribution in [0.5, 0.6) is 0 Å². The second-order valence-electron chi connectivity index (χ2n) is 1.18. The second kappa shape index (κ2) is 3.43. The Hall–Kier alpha value is -0.760. The molecule has 0 aliphatic rings. The first-order valence-corrected chi connectivity index (χ1v) is 2.11. The highest BCUT2D eigenvalue weighted by atomic mass is 16.3. The summed E-state index contributed by atoms with van der Waals surface area (Å²) < 4.78 is 0. The van der Waals surface area contributed by atoms with Crippen molar-refractivity contribution in [3.8, 4) is 0 Å². The van der Waals surface area contributed by atoms with Crippen molar-refractivity contribution in [1.82, 2.24) is 0 Å². The summed E-state index contributed by atoms with van der Waals surface area (Å²) in [6.45, 7) is 3.93. The van der Waals surface area contributed by atoms with E-state index in [1.807, 2.05) is 0 Å². The van der Waals surface area contributed by atoms with Gasteiger partial charge in [-0.15, -0.1) is 0 Å². The summed E-state index contributed by atoms with van der Waals surface area (Å²) in [5, 5.41) is 8.37. The van der Waals surface area contributed by atoms with Gasteiger partial charge in [0, 0.05) is 0 Å². The summed E-state index contributed by atoms with van der Waals surface area (Å²) in [7, 11) is 0. The van der Waals surface area contributed by atoms with E-state index in [0.29, 0.717) is 6.54 Å². The fourth-order valence-corrected chi connectivity index (χ4v) is 0.219. The van der Waals surface area contributed by atoms with Crippen LogP contribution in [0.15, 0.2) is 24.5 Å². The number of allylic oxidation sites excluding steroid dienone is 1. The van der Waals surface area contributed by atoms with E-state index >= 15 is 0 Å². The molecule has 0 rings (SSSR count). The fourth-order valence-electron chi connectivity index (χ4n) is 0.219. The summed E-state index contributed by atoms with van der Waals surface area (Å²) >= 11 is 0. The normalized spacial score (nSPS) is 9.86. The molecule has 0 spiro atoms. The van der Waals surface area contributed by atoms with E-state index in [1.54, 1.807) is 6.08 Å². The quantitative estimate of drug-likeness (QED) is 0.368. The molecule has 0 atom stereocenters. The lowest BCUT2D eigenvalue weighted by atomic mass is 10.4. The molecule has 0 saturated heterocycles. The molecule has 40 valence electrons. The van der Waals surface area contributed by atoms with Gasteiger partial charge in [0.15, 0.2) is 0 Å². The summed E-state index contributed by atoms with van der Waals surface area (Å²) in [4.78, 5) is 0. The summed E-state index contributed by atoms with van der Waals surface area (Å²) in [6, 6.07) is 0. The molecule has 0 aliphatic carbocycles. The highest BCUT2D eigenvalue weighted by Crippen LogP contribution is 1.80. The Balaban J connectivity index is 3.26. The fraction of sp³-hybridized carbons (Fsp3) is 0.200. The van der Waals surface area contributed by atoms with Crippen molar-refractivity contribution in [2.24, 2.45) is 0 Å². The molecule has 0 saturated carbocycles. The molecule has 2 heteroatoms. The lowest BCUT2D eigenvalue weighted by Crippen LogP contribution is -2.49. The molecule has 0 aromatic heterocycles. The predicted molar refractivity (Wildman–Crippen MR) is 28.7 cm³/mol. The van der Waals surface area contributed by atoms with Crippen molar-refractivity contribution in [3.05, 3.63) is 24.5 Å². The molecule has 0 aliphatic heterocycles. The molecule has 0 heterocycles. The molecular formula is C5H10NO+. The van der Waals surface area contributed by atoms with E-state index < -0.39 is 0 Å². The number of rotatable bonds is 2. The smallest absolute Gasteiger partial charge is 0.108 e. The minimum atomic E-state index is 0.0867. The molecule has 4 N–H and O–H groups in total. The summed E-state index contributed by atoms with van der Waals surface area (Å²) in [5.74, 6) is 0.0867. The Kier molecular flexibility index (Phi) is 3.06. The van der Waals surface area contributed by atoms with Crippen molar-refractivity contribution in [1.29, 1.82) is 0 Å². The zero-order chi connectivity index (χ0) is 5.70. The predicted octanol–water partition coefficient (Wildman–Crippen LogP) is -0.144. The van der Waals surface area contributed by atoms with Crippen LogP contribution in [0.4, 0.5) is 0 Å². The number of hydrogen-bond donors (Lipinski definition) is 2. The first-order chi connectivity index (χ1) is 3.27. The van der Waals surface area contributed by atoms with Gasteiger partial charge in [0.2, 0.25) is 0 Å². The summed E-state index contributed by atoms with van der Waals surface area (Å²) in [5.41, 5.74) is 3.52. The lowest BCUT2D eigenvalue weighted by Gasteiger charge is -1.78. The molecule has 0 bridgehead atoms. The first-order valence-electron chi connectivity index (χ1n) is 2.11. The SMILES string of the molecule is C=C(O)/C=C/C[NH3+]. The van der Waals surface area contributed by atoms with Gasteiger partial charge in [0.25, 0.3) is 0 Å². The summed E-state index contributed by atoms with van der Waals surface area (Å²) in [6.07, 6.45) is 3.26. The van der Waals surface area contributed by atoms with Gasteiger partial charge >= 0.3 is 0 Å². The maximum absolute atomic E-state index is 8.37. The number of aliphatic hydroxyl groups is 1. The van der Waals surface area contributed by atoms with Gasteiger partial charge in [0.05, 0.1) is 6.54 Å². The van der Waals surface area contributed by atoms with Crippen molar-refractivity contribution in [3.63, 3.8) is 0 Å². The molecule has 2 nitrogen and oxygen atoms in total. The Morgan fingerprint density at radius 3 is 2.57 bits per heavy atom. The Bertz CT molecular complexity index is 86.1. The van der Waals surface area contributed by atoms with Crippen LogP contribution in [0.25, 0.3) is 0 Å². The lowest BCUT2D eigenvalue weighted by molar-refractivity contribution is -0.352. The van der Waals surface area contributed by atoms with Crippen LogP contribution >= 0.6 is 0 Å². The van der Waals surface area contributed by atoms with Gasteiger partial charge in [-0.05, 0) is 12.2 Å². The van der Waals surface area contributed by atoms with E-state index in [2.05, 4.69) is 12.3 Å². The van der Waals surface area contributed by atoms with E-state index in [-0.39, 0.29) is 5.76 Å². The van der Waals surface area contributed by atoms with Crippen LogP contribution in [0.2, 0.25) is 0 Å². The van der Waals surface area contributed by atoms with Crippen LogP contribution in [0.3, 0.4) is 0 Å². The Labute approximate surface area is 43.0 Å². The Morgan fingerprint density at radius 1 is 1.86 bits per heavy atom. The monoisotopic (exact) mass is 100 g/mol. The Morgan fingerprint density at radius 2 is 2.43 bits per heavy atom. The van der Waals surface area contributed by atoms with Crippen molar-refractivity contribution in [2.75, 3.05) is 6.54 Å². The van der Waals surface area contributed by atoms with Crippen molar-refractivity contribution < 1.29 is 10.8 Å². The zero-order valence-electron chi connectivity index (χ0n) is 4.22. The topological polar surface area (TPSA) is 47.9 Å². The molecular weight excluding hydrogens is 90.1 g/mol. The zero-order valence-corrected chi connectivity index (χ0v) is 4.22. The number of quaternary nitrogens is 1. The highest BCUT2D eigenvalue weighted by molar-refractivity contribution is 5.04. The van der Waals surface area contributed by atoms with Gasteiger partial charge in [-0.1, -0.05) is 6.58 Å². The molecule has 0 unspecified atom stereocenters. The van der Waals surface area contributed by atoms with Gasteiger partial charge < -0.3 is 10.8 Å². The number of hydrogen-bond acceptors (Lipinski definition) is 1. The minimum absolute atomic E-state index is 0.0867. The average Bonchev–Trinajstić information content (AvgIpc) is 1.61. The minimum Gasteiger partial charge on any atom is -0.509 e. The van der Waals surface area contributed by atoms with Gasteiger partial charge in [-0.3, -0.25) is 0 Å². The van der Waals surface area contributed by atoms with E-state index in [9.17, 15) is 0 Å². The van der Waals surface area contributed by atoms with Crippen LogP contribution in [0.1, 0.15) is 0 Å². The van der Waals surface area contributed by atoms with Gasteiger partial charge in [-0.2, -0.15) is 0 Å². The van der Waals surface area contributed by atoms with Gasteiger partial charge in [0.1, 0.15) is 5.76 Å².